The van der Waals surface area contributed by atoms with Crippen LogP contribution in [0.3, 0.4) is 0 Å². The first-order valence-corrected chi connectivity index (χ1v) is 8.03. The van der Waals surface area contributed by atoms with E-state index in [1.807, 2.05) is 6.07 Å². The van der Waals surface area contributed by atoms with E-state index in [0.29, 0.717) is 22.8 Å². The van der Waals surface area contributed by atoms with Crippen LogP contribution in [0.4, 0.5) is 4.39 Å². The van der Waals surface area contributed by atoms with Crippen LogP contribution < -0.4 is 0 Å². The van der Waals surface area contributed by atoms with Gasteiger partial charge < -0.3 is 0 Å². The molecule has 1 fully saturated rings. The Morgan fingerprint density at radius 2 is 2.21 bits per heavy atom. The van der Waals surface area contributed by atoms with Crippen molar-refractivity contribution in [1.29, 1.82) is 5.26 Å². The molecule has 2 rings (SSSR count). The number of hydrogen-bond donors (Lipinski definition) is 0. The Balaban J connectivity index is 2.06. The van der Waals surface area contributed by atoms with Crippen LogP contribution in [-0.4, -0.2) is 9.46 Å². The van der Waals surface area contributed by atoms with Crippen molar-refractivity contribution in [3.8, 4) is 6.07 Å². The van der Waals surface area contributed by atoms with Gasteiger partial charge in [-0.25, -0.2) is 4.39 Å². The van der Waals surface area contributed by atoms with Crippen LogP contribution in [0.2, 0.25) is 0 Å². The maximum Gasteiger partial charge on any atom is 0.124 e. The summed E-state index contributed by atoms with van der Waals surface area (Å²) in [6, 6.07) is 6.14. The van der Waals surface area contributed by atoms with Gasteiger partial charge in [-0.3, -0.25) is 4.21 Å². The molecule has 3 unspecified atom stereocenters. The second-order valence-electron chi connectivity index (χ2n) is 5.38. The first kappa shape index (κ1) is 14.2. The molecular weight excluding hydrogens is 261 g/mol. The molecule has 0 bridgehead atoms. The molecule has 1 aliphatic rings. The molecule has 0 N–H and O–H groups in total. The zero-order valence-corrected chi connectivity index (χ0v) is 11.9. The highest BCUT2D eigenvalue weighted by molar-refractivity contribution is 7.84. The normalized spacial score (nSPS) is 24.7. The summed E-state index contributed by atoms with van der Waals surface area (Å²) in [6.07, 6.45) is 4.33. The van der Waals surface area contributed by atoms with Crippen LogP contribution in [0, 0.1) is 23.1 Å². The number of hydrogen-bond acceptors (Lipinski definition) is 2. The number of benzene rings is 1. The van der Waals surface area contributed by atoms with Gasteiger partial charge in [0, 0.05) is 21.8 Å². The smallest absolute Gasteiger partial charge is 0.124 e. The number of halogens is 1. The van der Waals surface area contributed by atoms with Gasteiger partial charge in [0.2, 0.25) is 0 Å². The van der Waals surface area contributed by atoms with E-state index in [-0.39, 0.29) is 5.25 Å². The third-order valence-corrected chi connectivity index (χ3v) is 5.45. The van der Waals surface area contributed by atoms with Crippen molar-refractivity contribution in [2.75, 3.05) is 0 Å². The Bertz CT molecular complexity index is 523. The molecule has 4 heteroatoms. The van der Waals surface area contributed by atoms with Crippen molar-refractivity contribution in [3.05, 3.63) is 35.1 Å². The number of nitriles is 1. The second-order valence-corrected chi connectivity index (χ2v) is 7.10. The van der Waals surface area contributed by atoms with Crippen molar-refractivity contribution in [2.45, 2.75) is 43.6 Å². The molecule has 0 amide bonds. The summed E-state index contributed by atoms with van der Waals surface area (Å²) in [7, 11) is -0.973. The Labute approximate surface area is 116 Å². The molecule has 2 nitrogen and oxygen atoms in total. The predicted octanol–water partition coefficient (Wildman–Crippen LogP) is 3.52. The number of nitrogens with zero attached hydrogens (tertiary/aromatic N) is 1. The summed E-state index contributed by atoms with van der Waals surface area (Å²) in [6.45, 7) is 2.19. The fourth-order valence-electron chi connectivity index (χ4n) is 2.70. The third-order valence-electron chi connectivity index (χ3n) is 3.66. The van der Waals surface area contributed by atoms with Crippen LogP contribution in [0.25, 0.3) is 0 Å². The molecule has 0 spiro atoms. The van der Waals surface area contributed by atoms with Gasteiger partial charge in [0.1, 0.15) is 5.82 Å². The van der Waals surface area contributed by atoms with E-state index in [9.17, 15) is 8.60 Å². The minimum atomic E-state index is -0.973. The maximum atomic E-state index is 13.3. The van der Waals surface area contributed by atoms with Crippen LogP contribution in [0.15, 0.2) is 18.2 Å². The van der Waals surface area contributed by atoms with E-state index >= 15 is 0 Å². The molecule has 0 aromatic heterocycles. The van der Waals surface area contributed by atoms with Crippen molar-refractivity contribution >= 4 is 10.8 Å². The van der Waals surface area contributed by atoms with E-state index in [1.165, 1.54) is 18.6 Å². The van der Waals surface area contributed by atoms with Gasteiger partial charge in [0.15, 0.2) is 0 Å². The summed E-state index contributed by atoms with van der Waals surface area (Å²) in [5.41, 5.74) is 0.956. The molecule has 0 aliphatic heterocycles. The standard InChI is InChI=1S/C15H18FNOS/c1-11-3-2-4-15(5-11)19(18)10-13-6-12(9-17)7-14(16)8-13/h6-8,11,15H,2-5,10H2,1H3. The molecule has 0 heterocycles. The zero-order chi connectivity index (χ0) is 13.8. The van der Waals surface area contributed by atoms with Crippen LogP contribution in [0.5, 0.6) is 0 Å². The van der Waals surface area contributed by atoms with Crippen LogP contribution >= 0.6 is 0 Å². The summed E-state index contributed by atoms with van der Waals surface area (Å²) < 4.78 is 25.6. The Hall–Kier alpha value is -1.21. The van der Waals surface area contributed by atoms with Gasteiger partial charge in [-0.05, 0) is 42.5 Å². The average Bonchev–Trinajstić information content (AvgIpc) is 2.38. The van der Waals surface area contributed by atoms with Crippen molar-refractivity contribution < 1.29 is 8.60 Å². The van der Waals surface area contributed by atoms with Gasteiger partial charge in [-0.1, -0.05) is 19.8 Å². The highest BCUT2D eigenvalue weighted by Crippen LogP contribution is 2.28. The third kappa shape index (κ3) is 3.87. The first-order valence-electron chi connectivity index (χ1n) is 6.65. The number of rotatable bonds is 3. The highest BCUT2D eigenvalue weighted by Gasteiger charge is 2.24. The van der Waals surface area contributed by atoms with E-state index in [0.717, 1.165) is 19.3 Å². The van der Waals surface area contributed by atoms with Gasteiger partial charge in [0.05, 0.1) is 11.6 Å². The summed E-state index contributed by atoms with van der Waals surface area (Å²) in [4.78, 5) is 0. The van der Waals surface area contributed by atoms with Crippen molar-refractivity contribution in [3.63, 3.8) is 0 Å². The predicted molar refractivity (Wildman–Crippen MR) is 74.4 cm³/mol. The second kappa shape index (κ2) is 6.29. The van der Waals surface area contributed by atoms with Crippen molar-refractivity contribution in [2.24, 2.45) is 5.92 Å². The summed E-state index contributed by atoms with van der Waals surface area (Å²) in [5.74, 6) is 0.553. The minimum absolute atomic E-state index is 0.220. The van der Waals surface area contributed by atoms with Gasteiger partial charge in [-0.15, -0.1) is 0 Å². The fourth-order valence-corrected chi connectivity index (χ4v) is 4.40. The summed E-state index contributed by atoms with van der Waals surface area (Å²) >= 11 is 0. The van der Waals surface area contributed by atoms with E-state index in [2.05, 4.69) is 6.92 Å². The van der Waals surface area contributed by atoms with Crippen molar-refractivity contribution in [1.82, 2.24) is 0 Å². The Kier molecular flexibility index (Phi) is 4.71. The SMILES string of the molecule is CC1CCCC(S(=O)Cc2cc(F)cc(C#N)c2)C1. The largest absolute Gasteiger partial charge is 0.259 e. The molecule has 0 radical (unpaired) electrons. The lowest BCUT2D eigenvalue weighted by Gasteiger charge is -2.26. The molecule has 19 heavy (non-hydrogen) atoms. The lowest BCUT2D eigenvalue weighted by Crippen LogP contribution is -2.24. The minimum Gasteiger partial charge on any atom is -0.259 e. The monoisotopic (exact) mass is 279 g/mol. The van der Waals surface area contributed by atoms with E-state index in [4.69, 9.17) is 5.26 Å². The lowest BCUT2D eigenvalue weighted by molar-refractivity contribution is 0.389. The van der Waals surface area contributed by atoms with Crippen LogP contribution in [-0.2, 0) is 16.6 Å². The van der Waals surface area contributed by atoms with Gasteiger partial charge >= 0.3 is 0 Å². The highest BCUT2D eigenvalue weighted by atomic mass is 32.2. The van der Waals surface area contributed by atoms with Gasteiger partial charge in [0.25, 0.3) is 0 Å². The molecule has 1 aliphatic carbocycles. The zero-order valence-electron chi connectivity index (χ0n) is 11.1. The Morgan fingerprint density at radius 3 is 2.89 bits per heavy atom. The molecule has 1 aromatic carbocycles. The molecular formula is C15H18FNOS. The van der Waals surface area contributed by atoms with E-state index < -0.39 is 16.6 Å². The van der Waals surface area contributed by atoms with E-state index in [1.54, 1.807) is 6.07 Å². The first-order chi connectivity index (χ1) is 9.08. The lowest BCUT2D eigenvalue weighted by atomic mass is 9.91. The maximum absolute atomic E-state index is 13.3. The molecule has 3 atom stereocenters. The summed E-state index contributed by atoms with van der Waals surface area (Å²) in [5, 5.41) is 9.03. The molecule has 1 saturated carbocycles. The van der Waals surface area contributed by atoms with Gasteiger partial charge in [-0.2, -0.15) is 5.26 Å². The fraction of sp³-hybridized carbons (Fsp3) is 0.533. The quantitative estimate of drug-likeness (QED) is 0.849. The molecule has 1 aromatic rings. The topological polar surface area (TPSA) is 40.9 Å². The van der Waals surface area contributed by atoms with Crippen LogP contribution in [0.1, 0.15) is 43.7 Å². The Morgan fingerprint density at radius 1 is 1.42 bits per heavy atom. The molecule has 0 saturated heterocycles. The molecule has 102 valence electrons. The average molecular weight is 279 g/mol.